The maximum atomic E-state index is 13.2. The van der Waals surface area contributed by atoms with Gasteiger partial charge in [0.05, 0.1) is 17.6 Å². The molecule has 2 aromatic heterocycles. The Morgan fingerprint density at radius 2 is 1.95 bits per heavy atom. The molecule has 2 heterocycles. The topological polar surface area (TPSA) is 43.6 Å². The molecule has 0 saturated heterocycles. The van der Waals surface area contributed by atoms with Crippen molar-refractivity contribution in [2.75, 3.05) is 0 Å². The van der Waals surface area contributed by atoms with E-state index in [9.17, 15) is 4.39 Å². The number of benzene rings is 1. The van der Waals surface area contributed by atoms with Gasteiger partial charge in [0, 0.05) is 11.5 Å². The summed E-state index contributed by atoms with van der Waals surface area (Å²) in [7, 11) is 0. The zero-order chi connectivity index (χ0) is 15.1. The van der Waals surface area contributed by atoms with Gasteiger partial charge in [-0.25, -0.2) is 19.0 Å². The summed E-state index contributed by atoms with van der Waals surface area (Å²) in [6.07, 6.45) is 5.28. The number of nitrogens with zero attached hydrogens (tertiary/aromatic N) is 4. The van der Waals surface area contributed by atoms with E-state index in [2.05, 4.69) is 15.1 Å². The van der Waals surface area contributed by atoms with Crippen molar-refractivity contribution in [1.29, 1.82) is 0 Å². The summed E-state index contributed by atoms with van der Waals surface area (Å²) in [6.45, 7) is 0. The van der Waals surface area contributed by atoms with Crippen molar-refractivity contribution in [2.45, 2.75) is 18.8 Å². The van der Waals surface area contributed by atoms with Gasteiger partial charge in [0.1, 0.15) is 17.2 Å². The molecule has 1 aliphatic carbocycles. The lowest BCUT2D eigenvalue weighted by Crippen LogP contribution is -2.03. The third kappa shape index (κ3) is 2.37. The van der Waals surface area contributed by atoms with Gasteiger partial charge in [0.25, 0.3) is 0 Å². The van der Waals surface area contributed by atoms with Crippen LogP contribution in [0.2, 0.25) is 5.02 Å². The molecule has 1 saturated carbocycles. The maximum Gasteiger partial charge on any atom is 0.175 e. The van der Waals surface area contributed by atoms with Gasteiger partial charge in [0.15, 0.2) is 5.82 Å². The van der Waals surface area contributed by atoms with Gasteiger partial charge in [-0.3, -0.25) is 0 Å². The predicted octanol–water partition coefficient (Wildman–Crippen LogP) is 4.00. The van der Waals surface area contributed by atoms with Crippen LogP contribution in [-0.2, 0) is 0 Å². The smallest absolute Gasteiger partial charge is 0.175 e. The van der Waals surface area contributed by atoms with Crippen molar-refractivity contribution in [3.63, 3.8) is 0 Å². The van der Waals surface area contributed by atoms with Gasteiger partial charge in [-0.1, -0.05) is 11.6 Å². The minimum atomic E-state index is -0.266. The second-order valence-corrected chi connectivity index (χ2v) is 5.75. The molecule has 0 spiro atoms. The van der Waals surface area contributed by atoms with Gasteiger partial charge in [-0.05, 0) is 43.2 Å². The Labute approximate surface area is 131 Å². The Hall–Kier alpha value is -2.27. The number of rotatable bonds is 3. The molecule has 4 nitrogen and oxygen atoms in total. The first-order valence-electron chi connectivity index (χ1n) is 7.04. The molecule has 110 valence electrons. The lowest BCUT2D eigenvalue weighted by molar-refractivity contribution is 0.628. The zero-order valence-electron chi connectivity index (χ0n) is 11.6. The van der Waals surface area contributed by atoms with Crippen molar-refractivity contribution in [2.24, 2.45) is 0 Å². The van der Waals surface area contributed by atoms with Gasteiger partial charge in [-0.2, -0.15) is 5.10 Å². The molecule has 1 fully saturated rings. The van der Waals surface area contributed by atoms with E-state index in [0.29, 0.717) is 16.8 Å². The van der Waals surface area contributed by atoms with Gasteiger partial charge in [-0.15, -0.1) is 0 Å². The van der Waals surface area contributed by atoms with E-state index in [-0.39, 0.29) is 5.82 Å². The molecule has 6 heteroatoms. The van der Waals surface area contributed by atoms with Gasteiger partial charge in [0.2, 0.25) is 0 Å². The Kier molecular flexibility index (Phi) is 3.15. The first-order chi connectivity index (χ1) is 10.7. The second kappa shape index (κ2) is 5.18. The number of hydrogen-bond donors (Lipinski definition) is 0. The van der Waals surface area contributed by atoms with Crippen molar-refractivity contribution < 1.29 is 4.39 Å². The van der Waals surface area contributed by atoms with E-state index in [1.807, 2.05) is 6.07 Å². The van der Waals surface area contributed by atoms with Gasteiger partial charge < -0.3 is 0 Å². The first-order valence-corrected chi connectivity index (χ1v) is 7.42. The van der Waals surface area contributed by atoms with Crippen LogP contribution in [0.15, 0.2) is 42.9 Å². The maximum absolute atomic E-state index is 13.2. The van der Waals surface area contributed by atoms with Crippen LogP contribution in [0.25, 0.3) is 17.1 Å². The number of aromatic nitrogens is 4. The van der Waals surface area contributed by atoms with Gasteiger partial charge >= 0.3 is 0 Å². The van der Waals surface area contributed by atoms with Crippen molar-refractivity contribution in [3.8, 4) is 17.1 Å². The van der Waals surface area contributed by atoms with Crippen LogP contribution >= 0.6 is 11.6 Å². The molecule has 0 N–H and O–H groups in total. The van der Waals surface area contributed by atoms with E-state index in [1.165, 1.54) is 24.7 Å². The van der Waals surface area contributed by atoms with Crippen LogP contribution in [0.5, 0.6) is 0 Å². The molecular formula is C16H12ClFN4. The summed E-state index contributed by atoms with van der Waals surface area (Å²) < 4.78 is 14.9. The molecule has 0 radical (unpaired) electrons. The Balaban J connectivity index is 1.89. The molecule has 3 aromatic rings. The lowest BCUT2D eigenvalue weighted by atomic mass is 10.1. The van der Waals surface area contributed by atoms with E-state index >= 15 is 0 Å². The van der Waals surface area contributed by atoms with Crippen molar-refractivity contribution in [3.05, 3.63) is 59.4 Å². The highest BCUT2D eigenvalue weighted by atomic mass is 35.5. The highest BCUT2D eigenvalue weighted by molar-refractivity contribution is 6.32. The third-order valence-electron chi connectivity index (χ3n) is 3.71. The number of hydrogen-bond acceptors (Lipinski definition) is 3. The highest BCUT2D eigenvalue weighted by Crippen LogP contribution is 2.41. The molecule has 0 unspecified atom stereocenters. The average Bonchev–Trinajstić information content (AvgIpc) is 3.29. The second-order valence-electron chi connectivity index (χ2n) is 5.34. The summed E-state index contributed by atoms with van der Waals surface area (Å²) in [5.74, 6) is 0.765. The van der Waals surface area contributed by atoms with Crippen LogP contribution in [0.1, 0.15) is 24.5 Å². The van der Waals surface area contributed by atoms with E-state index < -0.39 is 0 Å². The summed E-state index contributed by atoms with van der Waals surface area (Å²) in [4.78, 5) is 8.13. The monoisotopic (exact) mass is 314 g/mol. The minimum absolute atomic E-state index is 0.266. The summed E-state index contributed by atoms with van der Waals surface area (Å²) in [5, 5.41) is 5.08. The molecule has 1 aromatic carbocycles. The highest BCUT2D eigenvalue weighted by Gasteiger charge is 2.28. The van der Waals surface area contributed by atoms with Crippen molar-refractivity contribution in [1.82, 2.24) is 19.7 Å². The van der Waals surface area contributed by atoms with Crippen LogP contribution in [0.4, 0.5) is 4.39 Å². The number of halogens is 2. The van der Waals surface area contributed by atoms with Crippen molar-refractivity contribution >= 4 is 11.6 Å². The molecular weight excluding hydrogens is 303 g/mol. The summed E-state index contributed by atoms with van der Waals surface area (Å²) >= 11 is 6.20. The quantitative estimate of drug-likeness (QED) is 0.734. The summed E-state index contributed by atoms with van der Waals surface area (Å²) in [5.41, 5.74) is 2.74. The molecule has 0 aliphatic heterocycles. The molecule has 0 amide bonds. The van der Waals surface area contributed by atoms with Crippen LogP contribution in [0, 0.1) is 5.82 Å². The third-order valence-corrected chi connectivity index (χ3v) is 3.98. The largest absolute Gasteiger partial charge is 0.243 e. The zero-order valence-corrected chi connectivity index (χ0v) is 12.3. The summed E-state index contributed by atoms with van der Waals surface area (Å²) in [6, 6.07) is 8.36. The molecule has 1 aliphatic rings. The predicted molar refractivity (Wildman–Crippen MR) is 81.5 cm³/mol. The average molecular weight is 315 g/mol. The Bertz CT molecular complexity index is 824. The molecule has 22 heavy (non-hydrogen) atoms. The Morgan fingerprint density at radius 1 is 1.18 bits per heavy atom. The fraction of sp³-hybridized carbons (Fsp3) is 0.188. The lowest BCUT2D eigenvalue weighted by Gasteiger charge is -2.07. The standard InChI is InChI=1S/C16H12ClFN4/c17-13-8-19-9-20-16(13)22-15(7-14(21-22)10-1-2-10)11-3-5-12(18)6-4-11/h3-10H,1-2H2. The fourth-order valence-corrected chi connectivity index (χ4v) is 2.61. The molecule has 0 atom stereocenters. The van der Waals surface area contributed by atoms with Crippen LogP contribution in [-0.4, -0.2) is 19.7 Å². The molecule has 4 rings (SSSR count). The Morgan fingerprint density at radius 3 is 2.64 bits per heavy atom. The van der Waals surface area contributed by atoms with E-state index in [0.717, 1.165) is 29.8 Å². The SMILES string of the molecule is Fc1ccc(-c2cc(C3CC3)nn2-c2ncncc2Cl)cc1. The van der Waals surface area contributed by atoms with Crippen LogP contribution in [0.3, 0.4) is 0 Å². The van der Waals surface area contributed by atoms with Crippen LogP contribution < -0.4 is 0 Å². The first kappa shape index (κ1) is 13.4. The molecule has 0 bridgehead atoms. The normalized spacial score (nSPS) is 14.3. The van der Waals surface area contributed by atoms with E-state index in [4.69, 9.17) is 11.6 Å². The van der Waals surface area contributed by atoms with E-state index in [1.54, 1.807) is 16.8 Å². The minimum Gasteiger partial charge on any atom is -0.243 e. The fourth-order valence-electron chi connectivity index (χ4n) is 2.43.